The average Bonchev–Trinajstić information content (AvgIpc) is 2.65. The quantitative estimate of drug-likeness (QED) is 0.710. The van der Waals surface area contributed by atoms with Gasteiger partial charge in [-0.25, -0.2) is 9.69 Å². The summed E-state index contributed by atoms with van der Waals surface area (Å²) >= 11 is 0. The molecule has 5 heteroatoms. The van der Waals surface area contributed by atoms with Gasteiger partial charge >= 0.3 is 6.09 Å². The van der Waals surface area contributed by atoms with E-state index in [1.54, 1.807) is 0 Å². The van der Waals surface area contributed by atoms with E-state index in [0.717, 1.165) is 12.8 Å². The third-order valence-corrected chi connectivity index (χ3v) is 3.34. The standard InChI is InChI=1S/C11H17NO4/c1-11(2-5-15-6-3-11)8-9(13)12-4-7-16-10(12)14/h2-8H2,1H3. The number of carbonyl (C=O) groups excluding carboxylic acids is 2. The van der Waals surface area contributed by atoms with E-state index < -0.39 is 6.09 Å². The summed E-state index contributed by atoms with van der Waals surface area (Å²) in [5.74, 6) is -0.119. The van der Waals surface area contributed by atoms with E-state index in [9.17, 15) is 9.59 Å². The highest BCUT2D eigenvalue weighted by Crippen LogP contribution is 2.34. The first-order valence-corrected chi connectivity index (χ1v) is 5.66. The van der Waals surface area contributed by atoms with E-state index in [1.165, 1.54) is 4.90 Å². The lowest BCUT2D eigenvalue weighted by Gasteiger charge is -2.33. The number of amides is 2. The molecule has 0 bridgehead atoms. The van der Waals surface area contributed by atoms with E-state index in [4.69, 9.17) is 9.47 Å². The van der Waals surface area contributed by atoms with Crippen LogP contribution in [0.15, 0.2) is 0 Å². The predicted octanol–water partition coefficient (Wildman–Crippen LogP) is 1.17. The van der Waals surface area contributed by atoms with Crippen LogP contribution in [0.3, 0.4) is 0 Å². The normalized spacial score (nSPS) is 24.3. The molecule has 2 rings (SSSR count). The van der Waals surface area contributed by atoms with Crippen molar-refractivity contribution in [2.45, 2.75) is 26.2 Å². The molecule has 0 atom stereocenters. The maximum absolute atomic E-state index is 11.9. The first kappa shape index (κ1) is 11.4. The van der Waals surface area contributed by atoms with Gasteiger partial charge in [0.25, 0.3) is 0 Å². The van der Waals surface area contributed by atoms with Gasteiger partial charge in [0.2, 0.25) is 5.91 Å². The Morgan fingerprint density at radius 3 is 2.62 bits per heavy atom. The fourth-order valence-electron chi connectivity index (χ4n) is 2.12. The number of imide groups is 1. The molecule has 2 aliphatic rings. The third-order valence-electron chi connectivity index (χ3n) is 3.34. The summed E-state index contributed by atoms with van der Waals surface area (Å²) in [5, 5.41) is 0. The molecule has 5 nitrogen and oxygen atoms in total. The zero-order valence-corrected chi connectivity index (χ0v) is 9.53. The molecule has 0 aromatic rings. The van der Waals surface area contributed by atoms with Crippen LogP contribution in [-0.2, 0) is 14.3 Å². The average molecular weight is 227 g/mol. The summed E-state index contributed by atoms with van der Waals surface area (Å²) in [6.45, 7) is 4.20. The Morgan fingerprint density at radius 1 is 1.38 bits per heavy atom. The lowest BCUT2D eigenvalue weighted by atomic mass is 9.79. The fourth-order valence-corrected chi connectivity index (χ4v) is 2.12. The number of cyclic esters (lactones) is 1. The predicted molar refractivity (Wildman–Crippen MR) is 55.8 cm³/mol. The van der Waals surface area contributed by atoms with Crippen LogP contribution in [0.5, 0.6) is 0 Å². The summed E-state index contributed by atoms with van der Waals surface area (Å²) in [4.78, 5) is 24.3. The van der Waals surface area contributed by atoms with Crippen molar-refractivity contribution in [3.8, 4) is 0 Å². The van der Waals surface area contributed by atoms with E-state index in [1.807, 2.05) is 0 Å². The summed E-state index contributed by atoms with van der Waals surface area (Å²) in [5.41, 5.74) is -0.0296. The molecule has 2 amide bonds. The fraction of sp³-hybridized carbons (Fsp3) is 0.818. The Hall–Kier alpha value is -1.10. The molecule has 0 unspecified atom stereocenters. The van der Waals surface area contributed by atoms with Crippen LogP contribution in [0.25, 0.3) is 0 Å². The number of nitrogens with zero attached hydrogens (tertiary/aromatic N) is 1. The first-order chi connectivity index (χ1) is 7.61. The number of ether oxygens (including phenoxy) is 2. The van der Waals surface area contributed by atoms with Crippen molar-refractivity contribution in [3.63, 3.8) is 0 Å². The molecule has 0 N–H and O–H groups in total. The smallest absolute Gasteiger partial charge is 0.416 e. The largest absolute Gasteiger partial charge is 0.447 e. The second-order valence-corrected chi connectivity index (χ2v) is 4.76. The van der Waals surface area contributed by atoms with Crippen molar-refractivity contribution >= 4 is 12.0 Å². The minimum atomic E-state index is -0.499. The number of hydrogen-bond acceptors (Lipinski definition) is 4. The van der Waals surface area contributed by atoms with Gasteiger partial charge in [0.05, 0.1) is 6.54 Å². The van der Waals surface area contributed by atoms with Crippen molar-refractivity contribution < 1.29 is 19.1 Å². The molecule has 2 saturated heterocycles. The van der Waals surface area contributed by atoms with Gasteiger partial charge in [-0.1, -0.05) is 6.92 Å². The zero-order chi connectivity index (χ0) is 11.6. The van der Waals surface area contributed by atoms with Gasteiger partial charge in [-0.2, -0.15) is 0 Å². The van der Waals surface area contributed by atoms with E-state index in [0.29, 0.717) is 32.8 Å². The lowest BCUT2D eigenvalue weighted by Crippen LogP contribution is -2.37. The second-order valence-electron chi connectivity index (χ2n) is 4.76. The minimum Gasteiger partial charge on any atom is -0.447 e. The Morgan fingerprint density at radius 2 is 2.06 bits per heavy atom. The molecular weight excluding hydrogens is 210 g/mol. The third kappa shape index (κ3) is 2.35. The van der Waals surface area contributed by atoms with Crippen LogP contribution < -0.4 is 0 Å². The number of rotatable bonds is 2. The molecule has 2 aliphatic heterocycles. The van der Waals surface area contributed by atoms with Gasteiger partial charge < -0.3 is 9.47 Å². The molecule has 0 radical (unpaired) electrons. The Balaban J connectivity index is 1.93. The molecule has 2 heterocycles. The van der Waals surface area contributed by atoms with Crippen molar-refractivity contribution in [1.82, 2.24) is 4.90 Å². The molecule has 0 spiro atoms. The SMILES string of the molecule is CC1(CC(=O)N2CCOC2=O)CCOCC1. The van der Waals surface area contributed by atoms with Crippen LogP contribution in [0, 0.1) is 5.41 Å². The molecular formula is C11H17NO4. The first-order valence-electron chi connectivity index (χ1n) is 5.66. The van der Waals surface area contributed by atoms with Crippen LogP contribution in [0.1, 0.15) is 26.2 Å². The zero-order valence-electron chi connectivity index (χ0n) is 9.53. The van der Waals surface area contributed by atoms with Crippen molar-refractivity contribution in [3.05, 3.63) is 0 Å². The van der Waals surface area contributed by atoms with Gasteiger partial charge in [0.1, 0.15) is 6.61 Å². The molecule has 0 aliphatic carbocycles. The molecule has 2 fully saturated rings. The highest BCUT2D eigenvalue weighted by Gasteiger charge is 2.35. The van der Waals surface area contributed by atoms with Crippen LogP contribution in [-0.4, -0.2) is 43.3 Å². The lowest BCUT2D eigenvalue weighted by molar-refractivity contribution is -0.131. The Labute approximate surface area is 94.7 Å². The summed E-state index contributed by atoms with van der Waals surface area (Å²) in [6, 6.07) is 0. The minimum absolute atomic E-state index is 0.0296. The molecule has 0 aromatic carbocycles. The van der Waals surface area contributed by atoms with Gasteiger partial charge in [-0.3, -0.25) is 4.79 Å². The van der Waals surface area contributed by atoms with Gasteiger partial charge in [0.15, 0.2) is 0 Å². The summed E-state index contributed by atoms with van der Waals surface area (Å²) < 4.78 is 10.0. The van der Waals surface area contributed by atoms with Gasteiger partial charge in [-0.15, -0.1) is 0 Å². The van der Waals surface area contributed by atoms with Gasteiger partial charge in [-0.05, 0) is 18.3 Å². The molecule has 0 aromatic heterocycles. The summed E-state index contributed by atoms with van der Waals surface area (Å²) in [6.07, 6.45) is 1.66. The number of carbonyl (C=O) groups is 2. The van der Waals surface area contributed by atoms with Crippen molar-refractivity contribution in [2.24, 2.45) is 5.41 Å². The van der Waals surface area contributed by atoms with Crippen LogP contribution >= 0.6 is 0 Å². The highest BCUT2D eigenvalue weighted by molar-refractivity contribution is 5.93. The second kappa shape index (κ2) is 4.41. The van der Waals surface area contributed by atoms with Crippen molar-refractivity contribution in [2.75, 3.05) is 26.4 Å². The van der Waals surface area contributed by atoms with E-state index >= 15 is 0 Å². The Bertz CT molecular complexity index is 296. The number of hydrogen-bond donors (Lipinski definition) is 0. The van der Waals surface area contributed by atoms with E-state index in [2.05, 4.69) is 6.92 Å². The molecule has 0 saturated carbocycles. The highest BCUT2D eigenvalue weighted by atomic mass is 16.6. The topological polar surface area (TPSA) is 55.8 Å². The molecule has 16 heavy (non-hydrogen) atoms. The molecule has 90 valence electrons. The van der Waals surface area contributed by atoms with Crippen LogP contribution in [0.2, 0.25) is 0 Å². The van der Waals surface area contributed by atoms with Crippen LogP contribution in [0.4, 0.5) is 4.79 Å². The Kier molecular flexibility index (Phi) is 3.14. The monoisotopic (exact) mass is 227 g/mol. The van der Waals surface area contributed by atoms with Crippen molar-refractivity contribution in [1.29, 1.82) is 0 Å². The summed E-state index contributed by atoms with van der Waals surface area (Å²) in [7, 11) is 0. The van der Waals surface area contributed by atoms with Gasteiger partial charge in [0, 0.05) is 19.6 Å². The maximum Gasteiger partial charge on any atom is 0.416 e. The van der Waals surface area contributed by atoms with E-state index in [-0.39, 0.29) is 11.3 Å². The maximum atomic E-state index is 11.9.